The van der Waals surface area contributed by atoms with E-state index in [-0.39, 0.29) is 0 Å². The summed E-state index contributed by atoms with van der Waals surface area (Å²) in [6, 6.07) is 8.27. The maximum atomic E-state index is 5.14. The van der Waals surface area contributed by atoms with E-state index in [1.54, 1.807) is 7.11 Å². The molecule has 0 amide bonds. The van der Waals surface area contributed by atoms with Gasteiger partial charge in [0.15, 0.2) is 5.17 Å². The predicted molar refractivity (Wildman–Crippen MR) is 79.3 cm³/mol. The van der Waals surface area contributed by atoms with Crippen molar-refractivity contribution < 1.29 is 4.74 Å². The first-order valence-electron chi connectivity index (χ1n) is 6.25. The molecule has 0 spiro atoms. The number of ether oxygens (including phenoxy) is 1. The van der Waals surface area contributed by atoms with E-state index in [1.807, 2.05) is 17.8 Å². The molecule has 1 aliphatic heterocycles. The minimum atomic E-state index is 0.606. The van der Waals surface area contributed by atoms with Gasteiger partial charge in [0, 0.05) is 18.0 Å². The molecule has 1 N–H and O–H groups in total. The zero-order chi connectivity index (χ0) is 13.0. The van der Waals surface area contributed by atoms with Gasteiger partial charge in [-0.25, -0.2) is 0 Å². The maximum absolute atomic E-state index is 5.14. The van der Waals surface area contributed by atoms with Crippen LogP contribution in [0.2, 0.25) is 0 Å². The second-order valence-electron chi connectivity index (χ2n) is 4.80. The second-order valence-corrected chi connectivity index (χ2v) is 6.03. The summed E-state index contributed by atoms with van der Waals surface area (Å²) in [6.45, 7) is 6.05. The minimum absolute atomic E-state index is 0.606. The van der Waals surface area contributed by atoms with E-state index in [1.165, 1.54) is 5.56 Å². The highest BCUT2D eigenvalue weighted by atomic mass is 32.2. The molecule has 1 aliphatic rings. The highest BCUT2D eigenvalue weighted by Crippen LogP contribution is 2.27. The first kappa shape index (κ1) is 13.4. The molecule has 1 heterocycles. The van der Waals surface area contributed by atoms with Gasteiger partial charge in [-0.1, -0.05) is 37.7 Å². The standard InChI is InChI=1S/C14H20N2OS/c1-10(2)13-8-15-14(18-13)16-12-6-4-5-11(7-12)9-17-3/h4-7,10,13H,8-9H2,1-3H3,(H,15,16). The van der Waals surface area contributed by atoms with Crippen LogP contribution in [0.15, 0.2) is 29.3 Å². The van der Waals surface area contributed by atoms with E-state index in [0.29, 0.717) is 17.8 Å². The molecule has 0 saturated heterocycles. The predicted octanol–water partition coefficient (Wildman–Crippen LogP) is 3.37. The summed E-state index contributed by atoms with van der Waals surface area (Å²) < 4.78 is 5.14. The van der Waals surface area contributed by atoms with Crippen molar-refractivity contribution in [2.24, 2.45) is 10.9 Å². The van der Waals surface area contributed by atoms with Crippen molar-refractivity contribution in [3.63, 3.8) is 0 Å². The molecule has 0 fully saturated rings. The Labute approximate surface area is 113 Å². The van der Waals surface area contributed by atoms with E-state index < -0.39 is 0 Å². The van der Waals surface area contributed by atoms with Crippen molar-refractivity contribution in [1.82, 2.24) is 0 Å². The van der Waals surface area contributed by atoms with Crippen LogP contribution in [0.4, 0.5) is 5.69 Å². The van der Waals surface area contributed by atoms with Crippen molar-refractivity contribution in [2.75, 3.05) is 19.0 Å². The zero-order valence-corrected chi connectivity index (χ0v) is 12.0. The van der Waals surface area contributed by atoms with Crippen LogP contribution in [0.25, 0.3) is 0 Å². The van der Waals surface area contributed by atoms with Gasteiger partial charge in [0.05, 0.1) is 13.2 Å². The van der Waals surface area contributed by atoms with Crippen LogP contribution in [-0.2, 0) is 11.3 Å². The largest absolute Gasteiger partial charge is 0.380 e. The van der Waals surface area contributed by atoms with Crippen molar-refractivity contribution in [3.05, 3.63) is 29.8 Å². The summed E-state index contributed by atoms with van der Waals surface area (Å²) >= 11 is 1.84. The van der Waals surface area contributed by atoms with Crippen LogP contribution < -0.4 is 5.32 Å². The van der Waals surface area contributed by atoms with Crippen LogP contribution in [0.3, 0.4) is 0 Å². The Morgan fingerprint density at radius 2 is 2.33 bits per heavy atom. The summed E-state index contributed by atoms with van der Waals surface area (Å²) in [5.74, 6) is 0.665. The van der Waals surface area contributed by atoms with E-state index >= 15 is 0 Å². The molecule has 0 saturated carbocycles. The number of nitrogens with zero attached hydrogens (tertiary/aromatic N) is 1. The normalized spacial score (nSPS) is 19.1. The van der Waals surface area contributed by atoms with E-state index in [9.17, 15) is 0 Å². The molecule has 0 radical (unpaired) electrons. The molecule has 1 atom stereocenters. The number of thioether (sulfide) groups is 1. The van der Waals surface area contributed by atoms with Crippen LogP contribution in [0.1, 0.15) is 19.4 Å². The molecule has 1 aromatic carbocycles. The van der Waals surface area contributed by atoms with E-state index in [0.717, 1.165) is 17.4 Å². The van der Waals surface area contributed by atoms with E-state index in [2.05, 4.69) is 42.4 Å². The first-order chi connectivity index (χ1) is 8.69. The Bertz CT molecular complexity index is 432. The summed E-state index contributed by atoms with van der Waals surface area (Å²) in [6.07, 6.45) is 0. The molecule has 1 unspecified atom stereocenters. The highest BCUT2D eigenvalue weighted by Gasteiger charge is 2.22. The van der Waals surface area contributed by atoms with Gasteiger partial charge < -0.3 is 10.1 Å². The van der Waals surface area contributed by atoms with Crippen molar-refractivity contribution in [2.45, 2.75) is 25.7 Å². The third-order valence-corrected chi connectivity index (χ3v) is 4.36. The fraction of sp³-hybridized carbons (Fsp3) is 0.500. The smallest absolute Gasteiger partial charge is 0.161 e. The number of rotatable bonds is 4. The number of benzene rings is 1. The Kier molecular flexibility index (Phi) is 4.66. The summed E-state index contributed by atoms with van der Waals surface area (Å²) in [5.41, 5.74) is 2.26. The van der Waals surface area contributed by atoms with Crippen molar-refractivity contribution >= 4 is 22.6 Å². The van der Waals surface area contributed by atoms with Gasteiger partial charge in [-0.15, -0.1) is 0 Å². The van der Waals surface area contributed by atoms with Gasteiger partial charge in [0.2, 0.25) is 0 Å². The average Bonchev–Trinajstić information content (AvgIpc) is 2.78. The number of aliphatic imine (C=N–C) groups is 1. The molecule has 0 aromatic heterocycles. The van der Waals surface area contributed by atoms with Gasteiger partial charge in [-0.05, 0) is 23.6 Å². The lowest BCUT2D eigenvalue weighted by Gasteiger charge is -2.12. The number of methoxy groups -OCH3 is 1. The average molecular weight is 264 g/mol. The number of hydrogen-bond acceptors (Lipinski definition) is 4. The quantitative estimate of drug-likeness (QED) is 0.905. The van der Waals surface area contributed by atoms with Crippen molar-refractivity contribution in [1.29, 1.82) is 0 Å². The topological polar surface area (TPSA) is 33.6 Å². The van der Waals surface area contributed by atoms with Crippen LogP contribution in [0.5, 0.6) is 0 Å². The Morgan fingerprint density at radius 3 is 3.00 bits per heavy atom. The van der Waals surface area contributed by atoms with Gasteiger partial charge in [0.1, 0.15) is 0 Å². The van der Waals surface area contributed by atoms with Crippen molar-refractivity contribution in [3.8, 4) is 0 Å². The number of hydrogen-bond donors (Lipinski definition) is 1. The first-order valence-corrected chi connectivity index (χ1v) is 7.13. The fourth-order valence-corrected chi connectivity index (χ4v) is 2.87. The third-order valence-electron chi connectivity index (χ3n) is 2.91. The molecular formula is C14H20N2OS. The molecule has 1 aromatic rings. The fourth-order valence-electron chi connectivity index (χ4n) is 1.84. The summed E-state index contributed by atoms with van der Waals surface area (Å²) in [4.78, 5) is 4.55. The minimum Gasteiger partial charge on any atom is -0.380 e. The molecule has 4 heteroatoms. The second kappa shape index (κ2) is 6.25. The maximum Gasteiger partial charge on any atom is 0.161 e. The Morgan fingerprint density at radius 1 is 1.50 bits per heavy atom. The molecular weight excluding hydrogens is 244 g/mol. The van der Waals surface area contributed by atoms with E-state index in [4.69, 9.17) is 4.74 Å². The monoisotopic (exact) mass is 264 g/mol. The Hall–Kier alpha value is -1.00. The number of anilines is 1. The van der Waals surface area contributed by atoms with Gasteiger partial charge in [-0.2, -0.15) is 0 Å². The molecule has 0 bridgehead atoms. The number of nitrogens with one attached hydrogen (secondary N) is 1. The lowest BCUT2D eigenvalue weighted by molar-refractivity contribution is 0.185. The molecule has 98 valence electrons. The summed E-state index contributed by atoms with van der Waals surface area (Å²) in [7, 11) is 1.71. The Balaban J connectivity index is 1.96. The summed E-state index contributed by atoms with van der Waals surface area (Å²) in [5, 5.41) is 5.02. The number of amidine groups is 1. The molecule has 2 rings (SSSR count). The third kappa shape index (κ3) is 3.50. The molecule has 3 nitrogen and oxygen atoms in total. The molecule has 18 heavy (non-hydrogen) atoms. The highest BCUT2D eigenvalue weighted by molar-refractivity contribution is 8.15. The molecule has 0 aliphatic carbocycles. The van der Waals surface area contributed by atoms with Crippen LogP contribution >= 0.6 is 11.8 Å². The van der Waals surface area contributed by atoms with Gasteiger partial charge in [0.25, 0.3) is 0 Å². The van der Waals surface area contributed by atoms with Crippen LogP contribution in [0, 0.1) is 5.92 Å². The lowest BCUT2D eigenvalue weighted by atomic mass is 10.1. The lowest BCUT2D eigenvalue weighted by Crippen LogP contribution is -2.13. The SMILES string of the molecule is COCc1cccc(NC2=NCC(C(C)C)S2)c1. The van der Waals surface area contributed by atoms with Crippen LogP contribution in [-0.4, -0.2) is 24.1 Å². The zero-order valence-electron chi connectivity index (χ0n) is 11.1. The van der Waals surface area contributed by atoms with Gasteiger partial charge in [-0.3, -0.25) is 4.99 Å². The van der Waals surface area contributed by atoms with Gasteiger partial charge >= 0.3 is 0 Å².